The van der Waals surface area contributed by atoms with Gasteiger partial charge < -0.3 is 14.4 Å². The molecule has 0 aliphatic carbocycles. The second-order valence-electron chi connectivity index (χ2n) is 8.32. The van der Waals surface area contributed by atoms with Gasteiger partial charge in [0.05, 0.1) is 18.3 Å². The quantitative estimate of drug-likeness (QED) is 0.598. The summed E-state index contributed by atoms with van der Waals surface area (Å²) < 4.78 is 13.0. The molecule has 32 heavy (non-hydrogen) atoms. The number of amides is 1. The monoisotopic (exact) mass is 432 g/mol. The molecule has 1 atom stereocenters. The summed E-state index contributed by atoms with van der Waals surface area (Å²) in [5.41, 5.74) is 4.20. The molecule has 0 N–H and O–H groups in total. The molecule has 1 amide bonds. The van der Waals surface area contributed by atoms with Gasteiger partial charge in [-0.15, -0.1) is 0 Å². The highest BCUT2D eigenvalue weighted by atomic mass is 16.7. The van der Waals surface area contributed by atoms with Crippen molar-refractivity contribution >= 4 is 5.91 Å². The minimum atomic E-state index is -0.147. The van der Waals surface area contributed by atoms with E-state index in [9.17, 15) is 4.79 Å². The van der Waals surface area contributed by atoms with Crippen LogP contribution in [0, 0.1) is 0 Å². The van der Waals surface area contributed by atoms with Gasteiger partial charge in [-0.3, -0.25) is 14.4 Å². The summed E-state index contributed by atoms with van der Waals surface area (Å²) >= 11 is 0. The Labute approximate surface area is 188 Å². The molecular formula is C25H28N4O3. The maximum atomic E-state index is 12.7. The van der Waals surface area contributed by atoms with Crippen LogP contribution in [0.4, 0.5) is 0 Å². The molecule has 2 aliphatic rings. The third-order valence-electron chi connectivity index (χ3n) is 6.30. The SMILES string of the molecule is CCN1CCN(Cc2cn(Cc3ccccc3)nc2-c2ccc3c(c2)OCO3)[C@@H](C)C1=O. The Morgan fingerprint density at radius 2 is 1.84 bits per heavy atom. The molecule has 0 radical (unpaired) electrons. The second kappa shape index (κ2) is 8.67. The molecule has 3 aromatic rings. The molecule has 1 saturated heterocycles. The van der Waals surface area contributed by atoms with Gasteiger partial charge >= 0.3 is 0 Å². The van der Waals surface area contributed by atoms with Gasteiger partial charge in [0, 0.05) is 43.5 Å². The summed E-state index contributed by atoms with van der Waals surface area (Å²) in [6.07, 6.45) is 2.11. The van der Waals surface area contributed by atoms with Crippen molar-refractivity contribution in [3.05, 3.63) is 65.9 Å². The number of carbonyl (C=O) groups excluding carboxylic acids is 1. The number of ether oxygens (including phenoxy) is 2. The van der Waals surface area contributed by atoms with Gasteiger partial charge in [-0.25, -0.2) is 0 Å². The van der Waals surface area contributed by atoms with Crippen molar-refractivity contribution in [1.82, 2.24) is 19.6 Å². The fourth-order valence-electron chi connectivity index (χ4n) is 4.44. The van der Waals surface area contributed by atoms with E-state index < -0.39 is 0 Å². The van der Waals surface area contributed by atoms with Crippen molar-refractivity contribution in [3.8, 4) is 22.8 Å². The number of nitrogens with zero attached hydrogens (tertiary/aromatic N) is 4. The highest BCUT2D eigenvalue weighted by Gasteiger charge is 2.31. The lowest BCUT2D eigenvalue weighted by Gasteiger charge is -2.38. The highest BCUT2D eigenvalue weighted by Crippen LogP contribution is 2.36. The first-order valence-corrected chi connectivity index (χ1v) is 11.2. The van der Waals surface area contributed by atoms with Crippen LogP contribution in [0.2, 0.25) is 0 Å². The maximum Gasteiger partial charge on any atom is 0.239 e. The average molecular weight is 433 g/mol. The Hall–Kier alpha value is -3.32. The third kappa shape index (κ3) is 3.96. The fourth-order valence-corrected chi connectivity index (χ4v) is 4.44. The summed E-state index contributed by atoms with van der Waals surface area (Å²) in [5, 5.41) is 4.94. The Morgan fingerprint density at radius 1 is 1.03 bits per heavy atom. The predicted octanol–water partition coefficient (Wildman–Crippen LogP) is 3.38. The Bertz CT molecular complexity index is 1110. The summed E-state index contributed by atoms with van der Waals surface area (Å²) in [7, 11) is 0. The number of likely N-dealkylation sites (N-methyl/N-ethyl adjacent to an activating group) is 1. The van der Waals surface area contributed by atoms with E-state index in [2.05, 4.69) is 23.2 Å². The second-order valence-corrected chi connectivity index (χ2v) is 8.32. The number of hydrogen-bond donors (Lipinski definition) is 0. The van der Waals surface area contributed by atoms with E-state index >= 15 is 0 Å². The normalized spacial score (nSPS) is 18.4. The van der Waals surface area contributed by atoms with Crippen molar-refractivity contribution in [2.75, 3.05) is 26.4 Å². The molecule has 2 aromatic carbocycles. The van der Waals surface area contributed by atoms with E-state index in [0.717, 1.165) is 48.0 Å². The van der Waals surface area contributed by atoms with Gasteiger partial charge in [0.1, 0.15) is 0 Å². The average Bonchev–Trinajstić information content (AvgIpc) is 3.44. The molecule has 1 aromatic heterocycles. The van der Waals surface area contributed by atoms with Crippen molar-refractivity contribution in [3.63, 3.8) is 0 Å². The Balaban J connectivity index is 1.47. The van der Waals surface area contributed by atoms with Gasteiger partial charge in [0.25, 0.3) is 0 Å². The van der Waals surface area contributed by atoms with Crippen LogP contribution in [-0.4, -0.2) is 58.0 Å². The highest BCUT2D eigenvalue weighted by molar-refractivity contribution is 5.82. The lowest BCUT2D eigenvalue weighted by atomic mass is 10.1. The first kappa shape index (κ1) is 20.6. The van der Waals surface area contributed by atoms with Crippen LogP contribution in [0.1, 0.15) is 25.0 Å². The minimum absolute atomic E-state index is 0.147. The van der Waals surface area contributed by atoms with E-state index in [0.29, 0.717) is 13.1 Å². The number of hydrogen-bond acceptors (Lipinski definition) is 5. The van der Waals surface area contributed by atoms with Gasteiger partial charge in [-0.2, -0.15) is 5.10 Å². The Kier molecular flexibility index (Phi) is 5.57. The third-order valence-corrected chi connectivity index (χ3v) is 6.30. The number of piperazine rings is 1. The van der Waals surface area contributed by atoms with E-state index in [1.54, 1.807) is 0 Å². The molecule has 5 rings (SSSR count). The number of benzene rings is 2. The molecule has 7 heteroatoms. The molecule has 0 bridgehead atoms. The minimum Gasteiger partial charge on any atom is -0.454 e. The number of aromatic nitrogens is 2. The van der Waals surface area contributed by atoms with Crippen LogP contribution in [0.3, 0.4) is 0 Å². The zero-order chi connectivity index (χ0) is 22.1. The Morgan fingerprint density at radius 3 is 2.66 bits per heavy atom. The molecule has 1 fully saturated rings. The molecule has 0 saturated carbocycles. The molecule has 0 unspecified atom stereocenters. The first-order valence-electron chi connectivity index (χ1n) is 11.2. The van der Waals surface area contributed by atoms with Crippen LogP contribution in [-0.2, 0) is 17.9 Å². The molecule has 7 nitrogen and oxygen atoms in total. The van der Waals surface area contributed by atoms with E-state index in [1.165, 1.54) is 5.56 Å². The number of rotatable bonds is 6. The summed E-state index contributed by atoms with van der Waals surface area (Å²) in [6.45, 7) is 8.01. The fraction of sp³-hybridized carbons (Fsp3) is 0.360. The number of fused-ring (bicyclic) bond motifs is 1. The zero-order valence-electron chi connectivity index (χ0n) is 18.5. The summed E-state index contributed by atoms with van der Waals surface area (Å²) in [6, 6.07) is 16.1. The van der Waals surface area contributed by atoms with E-state index in [-0.39, 0.29) is 18.7 Å². The number of carbonyl (C=O) groups is 1. The van der Waals surface area contributed by atoms with Crippen molar-refractivity contribution < 1.29 is 14.3 Å². The molecule has 2 aliphatic heterocycles. The topological polar surface area (TPSA) is 59.8 Å². The standard InChI is InChI=1S/C25H28N4O3/c1-3-27-11-12-28(18(2)25(27)30)15-21-16-29(14-19-7-5-4-6-8-19)26-24(21)20-9-10-22-23(13-20)32-17-31-22/h4-10,13,16,18H,3,11-12,14-15,17H2,1-2H3/t18-/m0/s1. The molecule has 3 heterocycles. The van der Waals surface area contributed by atoms with Crippen LogP contribution in [0.5, 0.6) is 11.5 Å². The predicted molar refractivity (Wildman–Crippen MR) is 121 cm³/mol. The van der Waals surface area contributed by atoms with Crippen LogP contribution >= 0.6 is 0 Å². The van der Waals surface area contributed by atoms with E-state index in [4.69, 9.17) is 14.6 Å². The van der Waals surface area contributed by atoms with Crippen molar-refractivity contribution in [2.24, 2.45) is 0 Å². The largest absolute Gasteiger partial charge is 0.454 e. The van der Waals surface area contributed by atoms with Gasteiger partial charge in [0.15, 0.2) is 11.5 Å². The van der Waals surface area contributed by atoms with Crippen LogP contribution < -0.4 is 9.47 Å². The lowest BCUT2D eigenvalue weighted by molar-refractivity contribution is -0.141. The van der Waals surface area contributed by atoms with Crippen molar-refractivity contribution in [1.29, 1.82) is 0 Å². The van der Waals surface area contributed by atoms with E-state index in [1.807, 2.05) is 59.8 Å². The zero-order valence-corrected chi connectivity index (χ0v) is 18.5. The smallest absolute Gasteiger partial charge is 0.239 e. The van der Waals surface area contributed by atoms with Gasteiger partial charge in [-0.1, -0.05) is 30.3 Å². The van der Waals surface area contributed by atoms with Crippen molar-refractivity contribution in [2.45, 2.75) is 33.0 Å². The summed E-state index contributed by atoms with van der Waals surface area (Å²) in [5.74, 6) is 1.69. The van der Waals surface area contributed by atoms with Crippen LogP contribution in [0.25, 0.3) is 11.3 Å². The first-order chi connectivity index (χ1) is 15.6. The van der Waals surface area contributed by atoms with Gasteiger partial charge in [-0.05, 0) is 37.6 Å². The molecule has 0 spiro atoms. The maximum absolute atomic E-state index is 12.7. The van der Waals surface area contributed by atoms with Crippen LogP contribution in [0.15, 0.2) is 54.7 Å². The molecule has 166 valence electrons. The van der Waals surface area contributed by atoms with Gasteiger partial charge in [0.2, 0.25) is 12.7 Å². The molecular weight excluding hydrogens is 404 g/mol. The lowest BCUT2D eigenvalue weighted by Crippen LogP contribution is -2.55. The summed E-state index contributed by atoms with van der Waals surface area (Å²) in [4.78, 5) is 16.9.